The van der Waals surface area contributed by atoms with Crippen LogP contribution in [0, 0.1) is 46.3 Å². The maximum absolute atomic E-state index is 10.2. The van der Waals surface area contributed by atoms with Crippen LogP contribution in [0.1, 0.15) is 106 Å². The number of fused-ring (bicyclic) bond motifs is 5. The molecule has 170 valence electrons. The van der Waals surface area contributed by atoms with Crippen LogP contribution in [0.5, 0.6) is 0 Å². The van der Waals surface area contributed by atoms with E-state index in [4.69, 9.17) is 0 Å². The molecule has 0 spiro atoms. The molecule has 3 fully saturated rings. The molecule has 3 saturated carbocycles. The molecule has 3 unspecified atom stereocenters. The third-order valence-corrected chi connectivity index (χ3v) is 10.8. The number of hydrogen-bond donors (Lipinski definition) is 1. The SMILES string of the molecule is C/C=C(/CC[C@@H](C)[C@H]1CCC2C3CC=C4C[C@@H](O)CC[C@]4(C)C3CC[C@@]21C)C(C)C. The Morgan fingerprint density at radius 1 is 1.10 bits per heavy atom. The van der Waals surface area contributed by atoms with E-state index in [1.54, 1.807) is 11.1 Å². The molecule has 0 saturated heterocycles. The van der Waals surface area contributed by atoms with Crippen LogP contribution in [0.25, 0.3) is 0 Å². The van der Waals surface area contributed by atoms with E-state index in [0.717, 1.165) is 42.4 Å². The van der Waals surface area contributed by atoms with Gasteiger partial charge in [0.25, 0.3) is 0 Å². The molecule has 0 heterocycles. The fraction of sp³-hybridized carbons (Fsp3) is 0.862. The van der Waals surface area contributed by atoms with Crippen LogP contribution < -0.4 is 0 Å². The summed E-state index contributed by atoms with van der Waals surface area (Å²) in [7, 11) is 0. The molecule has 0 bridgehead atoms. The molecule has 0 amide bonds. The largest absolute Gasteiger partial charge is 0.393 e. The second-order valence-electron chi connectivity index (χ2n) is 12.4. The van der Waals surface area contributed by atoms with Crippen molar-refractivity contribution in [3.63, 3.8) is 0 Å². The molecule has 1 heteroatoms. The Balaban J connectivity index is 1.49. The van der Waals surface area contributed by atoms with Crippen LogP contribution in [-0.4, -0.2) is 11.2 Å². The standard InChI is InChI=1S/C29H48O/c1-7-21(19(2)3)9-8-20(4)25-12-13-26-24-11-10-22-18-23(30)14-16-28(22,5)27(24)15-17-29(25,26)6/h7,10,19-20,23-27,30H,8-9,11-18H2,1-6H3/b21-7-/t20-,23+,24?,25-,26?,27?,28+,29-/m1/s1. The summed E-state index contributed by atoms with van der Waals surface area (Å²) < 4.78 is 0. The summed E-state index contributed by atoms with van der Waals surface area (Å²) in [5, 5.41) is 10.2. The lowest BCUT2D eigenvalue weighted by Gasteiger charge is -2.58. The molecule has 0 aromatic rings. The minimum atomic E-state index is -0.0839. The summed E-state index contributed by atoms with van der Waals surface area (Å²) in [5.41, 5.74) is 4.21. The Kier molecular flexibility index (Phi) is 6.35. The van der Waals surface area contributed by atoms with Gasteiger partial charge >= 0.3 is 0 Å². The highest BCUT2D eigenvalue weighted by Gasteiger charge is 2.59. The first-order valence-electron chi connectivity index (χ1n) is 13.2. The fourth-order valence-electron chi connectivity index (χ4n) is 8.98. The van der Waals surface area contributed by atoms with Crippen LogP contribution >= 0.6 is 0 Å². The quantitative estimate of drug-likeness (QED) is 0.454. The second kappa shape index (κ2) is 8.42. The van der Waals surface area contributed by atoms with E-state index in [9.17, 15) is 5.11 Å². The fourth-order valence-corrected chi connectivity index (χ4v) is 8.98. The van der Waals surface area contributed by atoms with Crippen molar-refractivity contribution in [1.29, 1.82) is 0 Å². The molecule has 0 aliphatic heterocycles. The maximum atomic E-state index is 10.2. The van der Waals surface area contributed by atoms with Gasteiger partial charge in [0.2, 0.25) is 0 Å². The van der Waals surface area contributed by atoms with E-state index in [2.05, 4.69) is 53.7 Å². The second-order valence-corrected chi connectivity index (χ2v) is 12.4. The topological polar surface area (TPSA) is 20.2 Å². The Bertz CT molecular complexity index is 686. The smallest absolute Gasteiger partial charge is 0.0577 e. The molecule has 0 aromatic heterocycles. The number of aliphatic hydroxyl groups is 1. The first-order chi connectivity index (χ1) is 14.2. The number of hydrogen-bond acceptors (Lipinski definition) is 1. The Labute approximate surface area is 186 Å². The predicted molar refractivity (Wildman–Crippen MR) is 128 cm³/mol. The van der Waals surface area contributed by atoms with Gasteiger partial charge < -0.3 is 5.11 Å². The minimum absolute atomic E-state index is 0.0839. The van der Waals surface area contributed by atoms with Gasteiger partial charge in [-0.05, 0) is 117 Å². The van der Waals surface area contributed by atoms with E-state index in [-0.39, 0.29) is 6.10 Å². The summed E-state index contributed by atoms with van der Waals surface area (Å²) >= 11 is 0. The van der Waals surface area contributed by atoms with Crippen molar-refractivity contribution in [1.82, 2.24) is 0 Å². The zero-order valence-electron chi connectivity index (χ0n) is 20.7. The molecule has 4 aliphatic carbocycles. The van der Waals surface area contributed by atoms with E-state index in [1.807, 2.05) is 0 Å². The summed E-state index contributed by atoms with van der Waals surface area (Å²) in [4.78, 5) is 0. The van der Waals surface area contributed by atoms with Crippen LogP contribution in [0.3, 0.4) is 0 Å². The summed E-state index contributed by atoms with van der Waals surface area (Å²) in [6.45, 7) is 14.7. The summed E-state index contributed by atoms with van der Waals surface area (Å²) in [5.74, 6) is 5.15. The molecule has 30 heavy (non-hydrogen) atoms. The van der Waals surface area contributed by atoms with Gasteiger partial charge in [-0.3, -0.25) is 0 Å². The number of allylic oxidation sites excluding steroid dienone is 3. The van der Waals surface area contributed by atoms with Crippen molar-refractivity contribution in [2.24, 2.45) is 46.3 Å². The van der Waals surface area contributed by atoms with Crippen molar-refractivity contribution >= 4 is 0 Å². The molecule has 8 atom stereocenters. The van der Waals surface area contributed by atoms with Gasteiger partial charge in [-0.2, -0.15) is 0 Å². The Morgan fingerprint density at radius 2 is 1.87 bits per heavy atom. The molecular formula is C29H48O. The van der Waals surface area contributed by atoms with Gasteiger partial charge in [-0.1, -0.05) is 57.9 Å². The molecule has 0 aromatic carbocycles. The van der Waals surface area contributed by atoms with Crippen LogP contribution in [0.15, 0.2) is 23.3 Å². The van der Waals surface area contributed by atoms with Crippen molar-refractivity contribution in [3.05, 3.63) is 23.3 Å². The van der Waals surface area contributed by atoms with Crippen LogP contribution in [-0.2, 0) is 0 Å². The lowest BCUT2D eigenvalue weighted by molar-refractivity contribution is -0.0571. The average Bonchev–Trinajstić information content (AvgIpc) is 3.06. The molecule has 0 radical (unpaired) electrons. The first kappa shape index (κ1) is 22.6. The third-order valence-electron chi connectivity index (χ3n) is 10.8. The maximum Gasteiger partial charge on any atom is 0.0577 e. The van der Waals surface area contributed by atoms with E-state index in [1.165, 1.54) is 51.4 Å². The molecule has 1 N–H and O–H groups in total. The lowest BCUT2D eigenvalue weighted by atomic mass is 9.47. The molecule has 4 rings (SSSR count). The van der Waals surface area contributed by atoms with Crippen molar-refractivity contribution in [2.75, 3.05) is 0 Å². The van der Waals surface area contributed by atoms with Crippen LogP contribution in [0.2, 0.25) is 0 Å². The summed E-state index contributed by atoms with van der Waals surface area (Å²) in [6.07, 6.45) is 17.8. The summed E-state index contributed by atoms with van der Waals surface area (Å²) in [6, 6.07) is 0. The van der Waals surface area contributed by atoms with E-state index in [0.29, 0.717) is 16.7 Å². The average molecular weight is 413 g/mol. The Hall–Kier alpha value is -0.560. The van der Waals surface area contributed by atoms with Gasteiger partial charge in [0.15, 0.2) is 0 Å². The van der Waals surface area contributed by atoms with Gasteiger partial charge in [-0.15, -0.1) is 0 Å². The van der Waals surface area contributed by atoms with E-state index >= 15 is 0 Å². The first-order valence-corrected chi connectivity index (χ1v) is 13.2. The highest BCUT2D eigenvalue weighted by atomic mass is 16.3. The minimum Gasteiger partial charge on any atom is -0.393 e. The van der Waals surface area contributed by atoms with Crippen molar-refractivity contribution < 1.29 is 5.11 Å². The van der Waals surface area contributed by atoms with Gasteiger partial charge in [0.05, 0.1) is 6.10 Å². The third kappa shape index (κ3) is 3.66. The van der Waals surface area contributed by atoms with Gasteiger partial charge in [0, 0.05) is 0 Å². The van der Waals surface area contributed by atoms with Crippen molar-refractivity contribution in [3.8, 4) is 0 Å². The zero-order valence-corrected chi connectivity index (χ0v) is 20.7. The normalized spacial score (nSPS) is 44.9. The molecule has 1 nitrogen and oxygen atoms in total. The monoisotopic (exact) mass is 412 g/mol. The number of aliphatic hydroxyl groups excluding tert-OH is 1. The molecule has 4 aliphatic rings. The molecular weight excluding hydrogens is 364 g/mol. The highest BCUT2D eigenvalue weighted by molar-refractivity contribution is 5.25. The van der Waals surface area contributed by atoms with Crippen molar-refractivity contribution in [2.45, 2.75) is 112 Å². The van der Waals surface area contributed by atoms with Gasteiger partial charge in [0.1, 0.15) is 0 Å². The number of rotatable bonds is 5. The Morgan fingerprint density at radius 3 is 2.57 bits per heavy atom. The zero-order chi connectivity index (χ0) is 21.7. The lowest BCUT2D eigenvalue weighted by Crippen LogP contribution is -2.50. The predicted octanol–water partition coefficient (Wildman–Crippen LogP) is 7.94. The van der Waals surface area contributed by atoms with Crippen LogP contribution in [0.4, 0.5) is 0 Å². The van der Waals surface area contributed by atoms with E-state index < -0.39 is 0 Å². The van der Waals surface area contributed by atoms with Gasteiger partial charge in [-0.25, -0.2) is 0 Å². The highest BCUT2D eigenvalue weighted by Crippen LogP contribution is 2.67.